The second kappa shape index (κ2) is 8.67. The molecule has 1 saturated heterocycles. The maximum absolute atomic E-state index is 13.8. The van der Waals surface area contributed by atoms with E-state index in [1.165, 1.54) is 0 Å². The fourth-order valence-corrected chi connectivity index (χ4v) is 4.05. The average Bonchev–Trinajstić information content (AvgIpc) is 2.73. The van der Waals surface area contributed by atoms with Crippen LogP contribution in [0.1, 0.15) is 22.3 Å². The van der Waals surface area contributed by atoms with E-state index in [0.29, 0.717) is 19.6 Å². The van der Waals surface area contributed by atoms with E-state index in [1.807, 2.05) is 66.9 Å². The molecule has 3 rings (SSSR count). The predicted octanol–water partition coefficient (Wildman–Crippen LogP) is 4.40. The Morgan fingerprint density at radius 1 is 1.15 bits per heavy atom. The second-order valence-electron chi connectivity index (χ2n) is 6.38. The van der Waals surface area contributed by atoms with Crippen LogP contribution in [0.3, 0.4) is 0 Å². The van der Waals surface area contributed by atoms with Crippen molar-refractivity contribution in [3.05, 3.63) is 78.4 Å². The zero-order valence-corrected chi connectivity index (χ0v) is 16.0. The van der Waals surface area contributed by atoms with Crippen LogP contribution in [0.25, 0.3) is 0 Å². The van der Waals surface area contributed by atoms with E-state index < -0.39 is 5.54 Å². The summed E-state index contributed by atoms with van der Waals surface area (Å²) in [6.45, 7) is 6.71. The molecule has 0 spiro atoms. The SMILES string of the molecule is C=CCC(C(=O)c1ccc(SC)cc1)(c1ccccc1)N1CCOCC1. The first-order valence-electron chi connectivity index (χ1n) is 8.90. The molecule has 0 saturated carbocycles. The van der Waals surface area contributed by atoms with E-state index in [4.69, 9.17) is 4.74 Å². The fourth-order valence-electron chi connectivity index (χ4n) is 3.65. The summed E-state index contributed by atoms with van der Waals surface area (Å²) in [5.74, 6) is 0.123. The highest BCUT2D eigenvalue weighted by atomic mass is 32.2. The first-order valence-corrected chi connectivity index (χ1v) is 10.1. The molecule has 0 aliphatic carbocycles. The molecule has 1 aliphatic heterocycles. The van der Waals surface area contributed by atoms with Crippen molar-refractivity contribution in [3.63, 3.8) is 0 Å². The molecule has 136 valence electrons. The summed E-state index contributed by atoms with van der Waals surface area (Å²) in [6, 6.07) is 18.0. The van der Waals surface area contributed by atoms with E-state index in [1.54, 1.807) is 11.8 Å². The smallest absolute Gasteiger partial charge is 0.187 e. The Labute approximate surface area is 160 Å². The van der Waals surface area contributed by atoms with Gasteiger partial charge >= 0.3 is 0 Å². The lowest BCUT2D eigenvalue weighted by atomic mass is 9.78. The number of hydrogen-bond acceptors (Lipinski definition) is 4. The van der Waals surface area contributed by atoms with Gasteiger partial charge in [0.15, 0.2) is 5.78 Å². The third-order valence-corrected chi connectivity index (χ3v) is 5.71. The summed E-state index contributed by atoms with van der Waals surface area (Å²) in [5.41, 5.74) is 1.01. The molecule has 1 aliphatic rings. The minimum Gasteiger partial charge on any atom is -0.379 e. The largest absolute Gasteiger partial charge is 0.379 e. The summed E-state index contributed by atoms with van der Waals surface area (Å²) >= 11 is 1.68. The van der Waals surface area contributed by atoms with Gasteiger partial charge in [0.1, 0.15) is 5.54 Å². The maximum Gasteiger partial charge on any atom is 0.187 e. The van der Waals surface area contributed by atoms with E-state index in [9.17, 15) is 4.79 Å². The molecule has 1 atom stereocenters. The highest BCUT2D eigenvalue weighted by Crippen LogP contribution is 2.37. The molecule has 4 heteroatoms. The van der Waals surface area contributed by atoms with Crippen LogP contribution < -0.4 is 0 Å². The van der Waals surface area contributed by atoms with Crippen LogP contribution in [0.4, 0.5) is 0 Å². The number of hydrogen-bond donors (Lipinski definition) is 0. The summed E-state index contributed by atoms with van der Waals surface area (Å²) in [7, 11) is 0. The van der Waals surface area contributed by atoms with E-state index >= 15 is 0 Å². The molecule has 1 fully saturated rings. The van der Waals surface area contributed by atoms with Gasteiger partial charge in [0.05, 0.1) is 13.2 Å². The number of ketones is 1. The third kappa shape index (κ3) is 3.63. The van der Waals surface area contributed by atoms with Gasteiger partial charge in [-0.3, -0.25) is 9.69 Å². The van der Waals surface area contributed by atoms with Crippen molar-refractivity contribution in [3.8, 4) is 0 Å². The van der Waals surface area contributed by atoms with Crippen molar-refractivity contribution in [1.29, 1.82) is 0 Å². The molecule has 0 N–H and O–H groups in total. The van der Waals surface area contributed by atoms with Gasteiger partial charge in [0.2, 0.25) is 0 Å². The highest BCUT2D eigenvalue weighted by Gasteiger charge is 2.45. The Kier molecular flexibility index (Phi) is 6.30. The molecule has 3 nitrogen and oxygen atoms in total. The predicted molar refractivity (Wildman–Crippen MR) is 108 cm³/mol. The molecule has 2 aromatic carbocycles. The third-order valence-electron chi connectivity index (χ3n) is 4.97. The number of Topliss-reactive ketones (excluding diaryl/α,β-unsaturated/α-hetero) is 1. The van der Waals surface area contributed by atoms with Gasteiger partial charge in [-0.25, -0.2) is 0 Å². The van der Waals surface area contributed by atoms with Crippen LogP contribution >= 0.6 is 11.8 Å². The van der Waals surface area contributed by atoms with Crippen molar-refractivity contribution in [2.24, 2.45) is 0 Å². The minimum atomic E-state index is -0.742. The second-order valence-corrected chi connectivity index (χ2v) is 7.26. The number of rotatable bonds is 7. The number of nitrogens with zero attached hydrogens (tertiary/aromatic N) is 1. The van der Waals surface area contributed by atoms with Crippen LogP contribution in [0.15, 0.2) is 72.1 Å². The molecule has 26 heavy (non-hydrogen) atoms. The van der Waals surface area contributed by atoms with Crippen molar-refractivity contribution >= 4 is 17.5 Å². The maximum atomic E-state index is 13.8. The Hall–Kier alpha value is -1.88. The number of carbonyl (C=O) groups excluding carboxylic acids is 1. The topological polar surface area (TPSA) is 29.5 Å². The highest BCUT2D eigenvalue weighted by molar-refractivity contribution is 7.98. The van der Waals surface area contributed by atoms with E-state index in [-0.39, 0.29) is 5.78 Å². The van der Waals surface area contributed by atoms with Gasteiger partial charge in [-0.05, 0) is 30.4 Å². The number of ether oxygens (including phenoxy) is 1. The fraction of sp³-hybridized carbons (Fsp3) is 0.318. The molecule has 2 aromatic rings. The number of morpholine rings is 1. The Morgan fingerprint density at radius 2 is 1.81 bits per heavy atom. The Balaban J connectivity index is 2.10. The van der Waals surface area contributed by atoms with Gasteiger partial charge in [-0.1, -0.05) is 48.5 Å². The molecular formula is C22H25NO2S. The normalized spacial score (nSPS) is 17.4. The monoisotopic (exact) mass is 367 g/mol. The van der Waals surface area contributed by atoms with Gasteiger partial charge in [-0.15, -0.1) is 18.3 Å². The number of thioether (sulfide) groups is 1. The van der Waals surface area contributed by atoms with Crippen molar-refractivity contribution in [2.75, 3.05) is 32.6 Å². The quantitative estimate of drug-likeness (QED) is 0.412. The van der Waals surface area contributed by atoms with Gasteiger partial charge in [0.25, 0.3) is 0 Å². The van der Waals surface area contributed by atoms with Crippen LogP contribution in [-0.4, -0.2) is 43.2 Å². The zero-order chi connectivity index (χ0) is 18.4. The summed E-state index contributed by atoms with van der Waals surface area (Å²) in [4.78, 5) is 17.2. The first-order chi connectivity index (χ1) is 12.7. The Morgan fingerprint density at radius 3 is 2.38 bits per heavy atom. The Bertz CT molecular complexity index is 738. The van der Waals surface area contributed by atoms with Crippen LogP contribution in [0.2, 0.25) is 0 Å². The first kappa shape index (κ1) is 18.9. The van der Waals surface area contributed by atoms with E-state index in [0.717, 1.165) is 29.1 Å². The van der Waals surface area contributed by atoms with Crippen LogP contribution in [-0.2, 0) is 10.3 Å². The summed E-state index contributed by atoms with van der Waals surface area (Å²) in [5, 5.41) is 0. The zero-order valence-electron chi connectivity index (χ0n) is 15.2. The lowest BCUT2D eigenvalue weighted by Gasteiger charge is -2.44. The molecule has 0 radical (unpaired) electrons. The van der Waals surface area contributed by atoms with Crippen molar-refractivity contribution < 1.29 is 9.53 Å². The molecule has 0 aromatic heterocycles. The van der Waals surface area contributed by atoms with Crippen molar-refractivity contribution in [1.82, 2.24) is 4.90 Å². The standard InChI is InChI=1S/C22H25NO2S/c1-3-13-22(19-7-5-4-6-8-19,23-14-16-25-17-15-23)21(24)18-9-11-20(26-2)12-10-18/h3-12H,1,13-17H2,2H3. The van der Waals surface area contributed by atoms with Crippen molar-refractivity contribution in [2.45, 2.75) is 16.9 Å². The van der Waals surface area contributed by atoms with Crippen LogP contribution in [0.5, 0.6) is 0 Å². The van der Waals surface area contributed by atoms with Crippen LogP contribution in [0, 0.1) is 0 Å². The average molecular weight is 368 g/mol. The lowest BCUT2D eigenvalue weighted by Crippen LogP contribution is -2.55. The molecule has 1 heterocycles. The summed E-state index contributed by atoms with van der Waals surface area (Å²) < 4.78 is 5.54. The molecule has 0 amide bonds. The molecule has 0 bridgehead atoms. The molecule has 1 unspecified atom stereocenters. The summed E-state index contributed by atoms with van der Waals surface area (Å²) in [6.07, 6.45) is 4.47. The minimum absolute atomic E-state index is 0.123. The number of benzene rings is 2. The lowest BCUT2D eigenvalue weighted by molar-refractivity contribution is -0.0160. The van der Waals surface area contributed by atoms with Gasteiger partial charge in [0, 0.05) is 23.5 Å². The van der Waals surface area contributed by atoms with Gasteiger partial charge in [-0.2, -0.15) is 0 Å². The number of carbonyl (C=O) groups is 1. The molecular weight excluding hydrogens is 342 g/mol. The van der Waals surface area contributed by atoms with Gasteiger partial charge < -0.3 is 4.74 Å². The van der Waals surface area contributed by atoms with E-state index in [2.05, 4.69) is 11.5 Å².